The van der Waals surface area contributed by atoms with E-state index in [1.165, 1.54) is 0 Å². The number of allylic oxidation sites excluding steroid dienone is 2. The molecule has 24 heavy (non-hydrogen) atoms. The van der Waals surface area contributed by atoms with E-state index in [0.29, 0.717) is 0 Å². The number of imidazole rings is 1. The minimum absolute atomic E-state index is 0.750. The summed E-state index contributed by atoms with van der Waals surface area (Å²) in [7, 11) is 0. The van der Waals surface area contributed by atoms with E-state index in [1.54, 1.807) is 6.20 Å². The lowest BCUT2D eigenvalue weighted by atomic mass is 10.2. The number of dihydropyridines is 1. The maximum atomic E-state index is 5.85. The molecule has 2 N–H and O–H groups in total. The first-order chi connectivity index (χ1) is 11.8. The molecule has 118 valence electrons. The summed E-state index contributed by atoms with van der Waals surface area (Å²) in [5.41, 5.74) is 3.79. The third-order valence-electron chi connectivity index (χ3n) is 4.22. The van der Waals surface area contributed by atoms with Gasteiger partial charge >= 0.3 is 0 Å². The number of fused-ring (bicyclic) bond motifs is 3. The van der Waals surface area contributed by atoms with E-state index >= 15 is 0 Å². The molecule has 5 heterocycles. The summed E-state index contributed by atoms with van der Waals surface area (Å²) in [6.45, 7) is 2.72. The Labute approximate surface area is 137 Å². The summed E-state index contributed by atoms with van der Waals surface area (Å²) in [6, 6.07) is 5.95. The molecular weight excluding hydrogens is 302 g/mol. The smallest absolute Gasteiger partial charge is 0.181 e. The second kappa shape index (κ2) is 4.86. The fourth-order valence-electron chi connectivity index (χ4n) is 3.15. The number of nitrogens with one attached hydrogen (secondary N) is 2. The molecule has 0 radical (unpaired) electrons. The number of aryl methyl sites for hydroxylation is 1. The SMILES string of the molecule is Cc1ccc(-c2nc3cnc4[nH]ccc4c3n2C2=CCNC=C2)o1. The Morgan fingerprint density at radius 3 is 3.00 bits per heavy atom. The highest BCUT2D eigenvalue weighted by atomic mass is 16.3. The predicted molar refractivity (Wildman–Crippen MR) is 93.2 cm³/mol. The number of aromatic nitrogens is 4. The number of H-pyrrole nitrogens is 1. The minimum Gasteiger partial charge on any atom is -0.458 e. The summed E-state index contributed by atoms with van der Waals surface area (Å²) < 4.78 is 7.99. The Kier molecular flexibility index (Phi) is 2.67. The van der Waals surface area contributed by atoms with Crippen LogP contribution in [-0.2, 0) is 0 Å². The number of furan rings is 1. The lowest BCUT2D eigenvalue weighted by molar-refractivity contribution is 0.543. The van der Waals surface area contributed by atoms with Crippen LogP contribution in [0.5, 0.6) is 0 Å². The minimum atomic E-state index is 0.750. The van der Waals surface area contributed by atoms with Crippen molar-refractivity contribution in [3.05, 3.63) is 54.7 Å². The summed E-state index contributed by atoms with van der Waals surface area (Å²) in [4.78, 5) is 12.4. The molecule has 0 unspecified atom stereocenters. The van der Waals surface area contributed by atoms with E-state index in [-0.39, 0.29) is 0 Å². The summed E-state index contributed by atoms with van der Waals surface area (Å²) in [5.74, 6) is 2.40. The van der Waals surface area contributed by atoms with Gasteiger partial charge in [-0.15, -0.1) is 0 Å². The average Bonchev–Trinajstić information content (AvgIpc) is 3.31. The molecule has 6 nitrogen and oxygen atoms in total. The molecule has 1 aliphatic rings. The Morgan fingerprint density at radius 2 is 2.21 bits per heavy atom. The van der Waals surface area contributed by atoms with Crippen LogP contribution in [0.25, 0.3) is 39.3 Å². The molecule has 0 aromatic carbocycles. The molecule has 0 saturated carbocycles. The van der Waals surface area contributed by atoms with Gasteiger partial charge in [0, 0.05) is 23.8 Å². The van der Waals surface area contributed by atoms with Crippen LogP contribution in [0, 0.1) is 6.92 Å². The molecular formula is C18H15N5O. The molecule has 4 aromatic rings. The Hall–Kier alpha value is -3.28. The van der Waals surface area contributed by atoms with Crippen molar-refractivity contribution < 1.29 is 4.42 Å². The molecule has 0 saturated heterocycles. The van der Waals surface area contributed by atoms with Crippen molar-refractivity contribution >= 4 is 27.8 Å². The van der Waals surface area contributed by atoms with Crippen molar-refractivity contribution in [3.8, 4) is 11.6 Å². The highest BCUT2D eigenvalue weighted by molar-refractivity contribution is 6.04. The quantitative estimate of drug-likeness (QED) is 0.594. The van der Waals surface area contributed by atoms with Gasteiger partial charge in [0.05, 0.1) is 11.7 Å². The van der Waals surface area contributed by atoms with Gasteiger partial charge in [-0.25, -0.2) is 9.97 Å². The zero-order chi connectivity index (χ0) is 16.1. The van der Waals surface area contributed by atoms with E-state index in [2.05, 4.69) is 25.9 Å². The summed E-state index contributed by atoms with van der Waals surface area (Å²) in [6.07, 6.45) is 9.84. The maximum absolute atomic E-state index is 5.85. The van der Waals surface area contributed by atoms with Crippen LogP contribution in [0.3, 0.4) is 0 Å². The molecule has 0 spiro atoms. The van der Waals surface area contributed by atoms with Gasteiger partial charge in [-0.3, -0.25) is 4.57 Å². The van der Waals surface area contributed by atoms with Crippen molar-refractivity contribution in [2.24, 2.45) is 0 Å². The number of aromatic amines is 1. The molecule has 1 aliphatic heterocycles. The molecule has 0 amide bonds. The van der Waals surface area contributed by atoms with Crippen LogP contribution in [0.15, 0.2) is 53.4 Å². The van der Waals surface area contributed by atoms with Gasteiger partial charge in [0.2, 0.25) is 0 Å². The van der Waals surface area contributed by atoms with Crippen molar-refractivity contribution in [3.63, 3.8) is 0 Å². The third kappa shape index (κ3) is 1.83. The van der Waals surface area contributed by atoms with E-state index < -0.39 is 0 Å². The Morgan fingerprint density at radius 1 is 1.25 bits per heavy atom. The first-order valence-electron chi connectivity index (χ1n) is 7.83. The first kappa shape index (κ1) is 13.2. The standard InChI is InChI=1S/C18H15N5O/c1-11-2-3-15(24-11)18-22-14-10-21-17-13(6-9-20-17)16(14)23(18)12-4-7-19-8-5-12/h2-7,9-10,19H,8H2,1H3,(H,20,21). The number of rotatable bonds is 2. The Balaban J connectivity index is 1.91. The zero-order valence-electron chi connectivity index (χ0n) is 13.1. The van der Waals surface area contributed by atoms with Crippen LogP contribution < -0.4 is 5.32 Å². The monoisotopic (exact) mass is 317 g/mol. The van der Waals surface area contributed by atoms with Crippen LogP contribution in [0.1, 0.15) is 5.76 Å². The van der Waals surface area contributed by atoms with Crippen molar-refractivity contribution in [2.75, 3.05) is 6.54 Å². The molecule has 0 atom stereocenters. The van der Waals surface area contributed by atoms with Gasteiger partial charge in [0.1, 0.15) is 16.9 Å². The van der Waals surface area contributed by atoms with Crippen LogP contribution >= 0.6 is 0 Å². The normalized spacial score (nSPS) is 14.3. The predicted octanol–water partition coefficient (Wildman–Crippen LogP) is 3.44. The number of nitrogens with zero attached hydrogens (tertiary/aromatic N) is 3. The molecule has 0 bridgehead atoms. The molecule has 5 rings (SSSR count). The molecule has 0 fully saturated rings. The lowest BCUT2D eigenvalue weighted by Gasteiger charge is -2.13. The topological polar surface area (TPSA) is 71.7 Å². The van der Waals surface area contributed by atoms with Gasteiger partial charge in [-0.1, -0.05) is 0 Å². The van der Waals surface area contributed by atoms with E-state index in [1.807, 2.05) is 43.6 Å². The van der Waals surface area contributed by atoms with Gasteiger partial charge < -0.3 is 14.7 Å². The van der Waals surface area contributed by atoms with E-state index in [4.69, 9.17) is 9.40 Å². The van der Waals surface area contributed by atoms with E-state index in [9.17, 15) is 0 Å². The summed E-state index contributed by atoms with van der Waals surface area (Å²) in [5, 5.41) is 4.23. The molecule has 0 aliphatic carbocycles. The fraction of sp³-hybridized carbons (Fsp3) is 0.111. The number of hydrogen-bond acceptors (Lipinski definition) is 4. The largest absolute Gasteiger partial charge is 0.458 e. The van der Waals surface area contributed by atoms with Crippen molar-refractivity contribution in [1.29, 1.82) is 0 Å². The average molecular weight is 317 g/mol. The van der Waals surface area contributed by atoms with Crippen LogP contribution in [-0.4, -0.2) is 26.1 Å². The Bertz CT molecular complexity index is 1130. The third-order valence-corrected chi connectivity index (χ3v) is 4.22. The lowest BCUT2D eigenvalue weighted by Crippen LogP contribution is -2.11. The molecule has 6 heteroatoms. The van der Waals surface area contributed by atoms with Crippen molar-refractivity contribution in [2.45, 2.75) is 6.92 Å². The fourth-order valence-corrected chi connectivity index (χ4v) is 3.15. The van der Waals surface area contributed by atoms with Gasteiger partial charge in [0.25, 0.3) is 0 Å². The van der Waals surface area contributed by atoms with Gasteiger partial charge in [0.15, 0.2) is 11.6 Å². The zero-order valence-corrected chi connectivity index (χ0v) is 13.1. The number of hydrogen-bond donors (Lipinski definition) is 2. The number of pyridine rings is 1. The maximum Gasteiger partial charge on any atom is 0.181 e. The molecule has 4 aromatic heterocycles. The van der Waals surface area contributed by atoms with Crippen molar-refractivity contribution in [1.82, 2.24) is 24.8 Å². The highest BCUT2D eigenvalue weighted by Crippen LogP contribution is 2.33. The second-order valence-electron chi connectivity index (χ2n) is 5.78. The highest BCUT2D eigenvalue weighted by Gasteiger charge is 2.20. The van der Waals surface area contributed by atoms with Crippen LogP contribution in [0.4, 0.5) is 0 Å². The second-order valence-corrected chi connectivity index (χ2v) is 5.78. The van der Waals surface area contributed by atoms with Crippen LogP contribution in [0.2, 0.25) is 0 Å². The van der Waals surface area contributed by atoms with E-state index in [0.717, 1.165) is 51.7 Å². The first-order valence-corrected chi connectivity index (χ1v) is 7.83. The van der Waals surface area contributed by atoms with Gasteiger partial charge in [-0.05, 0) is 43.5 Å². The van der Waals surface area contributed by atoms with Gasteiger partial charge in [-0.2, -0.15) is 0 Å². The summed E-state index contributed by atoms with van der Waals surface area (Å²) >= 11 is 0.